The van der Waals surface area contributed by atoms with Crippen LogP contribution in [0.15, 0.2) is 42.5 Å². The molecule has 0 radical (unpaired) electrons. The summed E-state index contributed by atoms with van der Waals surface area (Å²) < 4.78 is 24.9. The van der Waals surface area contributed by atoms with Gasteiger partial charge < -0.3 is 14.8 Å². The van der Waals surface area contributed by atoms with Crippen LogP contribution in [0.4, 0.5) is 15.9 Å². The number of nitrogens with zero attached hydrogens (tertiary/aromatic N) is 2. The van der Waals surface area contributed by atoms with Crippen LogP contribution in [0.1, 0.15) is 24.5 Å². The Hall–Kier alpha value is -3.19. The summed E-state index contributed by atoms with van der Waals surface area (Å²) in [6.07, 6.45) is 0. The molecule has 0 bridgehead atoms. The molecule has 0 aliphatic heterocycles. The average molecular weight is 438 g/mol. The second-order valence-corrected chi connectivity index (χ2v) is 8.20. The SMILES string of the molecule is CCOc1ccc(Nc2nc(C)nc3sc(C)c(-c4ccc(F)cc4)c23)cc1OCC. The minimum atomic E-state index is -0.260. The first-order valence-electron chi connectivity index (χ1n) is 10.2. The van der Waals surface area contributed by atoms with Crippen molar-refractivity contribution in [3.63, 3.8) is 0 Å². The van der Waals surface area contributed by atoms with Crippen LogP contribution in [0.3, 0.4) is 0 Å². The Morgan fingerprint density at radius 2 is 1.65 bits per heavy atom. The third kappa shape index (κ3) is 4.32. The minimum Gasteiger partial charge on any atom is -0.490 e. The smallest absolute Gasteiger partial charge is 0.163 e. The van der Waals surface area contributed by atoms with Gasteiger partial charge in [-0.25, -0.2) is 14.4 Å². The molecule has 31 heavy (non-hydrogen) atoms. The molecule has 0 unspecified atom stereocenters. The molecule has 4 aromatic rings. The summed E-state index contributed by atoms with van der Waals surface area (Å²) >= 11 is 1.61. The molecule has 1 N–H and O–H groups in total. The highest BCUT2D eigenvalue weighted by Crippen LogP contribution is 2.42. The van der Waals surface area contributed by atoms with Crippen LogP contribution in [-0.4, -0.2) is 23.2 Å². The molecule has 0 saturated heterocycles. The second-order valence-electron chi connectivity index (χ2n) is 6.99. The molecule has 160 valence electrons. The Kier molecular flexibility index (Phi) is 6.04. The van der Waals surface area contributed by atoms with Gasteiger partial charge in [-0.05, 0) is 57.5 Å². The number of fused-ring (bicyclic) bond motifs is 1. The molecule has 0 saturated carbocycles. The summed E-state index contributed by atoms with van der Waals surface area (Å²) in [7, 11) is 0. The van der Waals surface area contributed by atoms with Gasteiger partial charge in [-0.1, -0.05) is 12.1 Å². The highest BCUT2D eigenvalue weighted by Gasteiger charge is 2.18. The van der Waals surface area contributed by atoms with E-state index in [0.29, 0.717) is 36.4 Å². The van der Waals surface area contributed by atoms with Crippen molar-refractivity contribution in [3.8, 4) is 22.6 Å². The fraction of sp³-hybridized carbons (Fsp3) is 0.250. The first-order valence-corrected chi connectivity index (χ1v) is 11.0. The predicted octanol–water partition coefficient (Wildman–Crippen LogP) is 6.66. The summed E-state index contributed by atoms with van der Waals surface area (Å²) in [5.41, 5.74) is 2.78. The lowest BCUT2D eigenvalue weighted by Gasteiger charge is -2.14. The number of thiophene rings is 1. The largest absolute Gasteiger partial charge is 0.490 e. The Labute approximate surface area is 184 Å². The van der Waals surface area contributed by atoms with E-state index in [1.54, 1.807) is 23.5 Å². The quantitative estimate of drug-likeness (QED) is 0.350. The zero-order valence-corrected chi connectivity index (χ0v) is 18.8. The fourth-order valence-corrected chi connectivity index (χ4v) is 4.63. The lowest BCUT2D eigenvalue weighted by molar-refractivity contribution is 0.288. The van der Waals surface area contributed by atoms with Crippen molar-refractivity contribution < 1.29 is 13.9 Å². The van der Waals surface area contributed by atoms with Crippen LogP contribution in [0, 0.1) is 19.7 Å². The first kappa shape index (κ1) is 21.1. The fourth-order valence-electron chi connectivity index (χ4n) is 3.54. The Balaban J connectivity index is 1.82. The summed E-state index contributed by atoms with van der Waals surface area (Å²) in [5, 5.41) is 4.36. The maximum absolute atomic E-state index is 13.5. The van der Waals surface area contributed by atoms with Gasteiger partial charge in [-0.3, -0.25) is 0 Å². The molecule has 7 heteroatoms. The number of rotatable bonds is 7. The number of aryl methyl sites for hydroxylation is 2. The summed E-state index contributed by atoms with van der Waals surface area (Å²) in [6.45, 7) is 8.91. The maximum Gasteiger partial charge on any atom is 0.163 e. The molecule has 0 spiro atoms. The van der Waals surface area contributed by atoms with E-state index in [-0.39, 0.29) is 5.82 Å². The topological polar surface area (TPSA) is 56.3 Å². The predicted molar refractivity (Wildman–Crippen MR) is 124 cm³/mol. The lowest BCUT2D eigenvalue weighted by atomic mass is 10.0. The van der Waals surface area contributed by atoms with Gasteiger partial charge in [0.25, 0.3) is 0 Å². The van der Waals surface area contributed by atoms with E-state index >= 15 is 0 Å². The summed E-state index contributed by atoms with van der Waals surface area (Å²) in [6, 6.07) is 12.3. The van der Waals surface area contributed by atoms with E-state index < -0.39 is 0 Å². The number of nitrogens with one attached hydrogen (secondary N) is 1. The van der Waals surface area contributed by atoms with Crippen LogP contribution in [-0.2, 0) is 0 Å². The number of ether oxygens (including phenoxy) is 2. The molecule has 2 aromatic carbocycles. The standard InChI is InChI=1S/C24H24FN3O2S/c1-5-29-19-12-11-18(13-20(19)30-6-2)28-23-22-21(16-7-9-17(25)10-8-16)14(3)31-24(22)27-15(4)26-23/h7-13H,5-6H2,1-4H3,(H,26,27,28). The number of halogens is 1. The zero-order valence-electron chi connectivity index (χ0n) is 18.0. The van der Waals surface area contributed by atoms with Crippen LogP contribution in [0.25, 0.3) is 21.3 Å². The van der Waals surface area contributed by atoms with Crippen LogP contribution in [0.5, 0.6) is 11.5 Å². The average Bonchev–Trinajstić information content (AvgIpc) is 3.06. The molecule has 5 nitrogen and oxygen atoms in total. The maximum atomic E-state index is 13.5. The van der Waals surface area contributed by atoms with E-state index in [1.165, 1.54) is 12.1 Å². The molecular formula is C24H24FN3O2S. The van der Waals surface area contributed by atoms with Crippen molar-refractivity contribution in [2.24, 2.45) is 0 Å². The van der Waals surface area contributed by atoms with Crippen molar-refractivity contribution in [1.82, 2.24) is 9.97 Å². The van der Waals surface area contributed by atoms with Gasteiger partial charge in [-0.15, -0.1) is 11.3 Å². The Morgan fingerprint density at radius 3 is 2.35 bits per heavy atom. The van der Waals surface area contributed by atoms with Crippen molar-refractivity contribution in [1.29, 1.82) is 0 Å². The summed E-state index contributed by atoms with van der Waals surface area (Å²) in [4.78, 5) is 11.3. The number of anilines is 2. The van der Waals surface area contributed by atoms with Gasteiger partial charge in [0.2, 0.25) is 0 Å². The molecular weight excluding hydrogens is 413 g/mol. The van der Waals surface area contributed by atoms with Gasteiger partial charge in [0, 0.05) is 22.2 Å². The highest BCUT2D eigenvalue weighted by molar-refractivity contribution is 7.19. The van der Waals surface area contributed by atoms with E-state index in [9.17, 15) is 4.39 Å². The lowest BCUT2D eigenvalue weighted by Crippen LogP contribution is -2.01. The molecule has 0 amide bonds. The van der Waals surface area contributed by atoms with Gasteiger partial charge in [0.05, 0.1) is 18.6 Å². The number of aromatic nitrogens is 2. The van der Waals surface area contributed by atoms with Gasteiger partial charge in [0.15, 0.2) is 11.5 Å². The first-order chi connectivity index (χ1) is 15.0. The van der Waals surface area contributed by atoms with Crippen molar-refractivity contribution >= 4 is 33.1 Å². The third-order valence-corrected chi connectivity index (χ3v) is 5.78. The number of benzene rings is 2. The monoisotopic (exact) mass is 437 g/mol. The second kappa shape index (κ2) is 8.89. The van der Waals surface area contributed by atoms with Crippen LogP contribution >= 0.6 is 11.3 Å². The Bertz CT molecular complexity index is 1220. The normalized spacial score (nSPS) is 11.0. The van der Waals surface area contributed by atoms with Crippen molar-refractivity contribution in [3.05, 3.63) is 59.0 Å². The van der Waals surface area contributed by atoms with Crippen LogP contribution in [0.2, 0.25) is 0 Å². The van der Waals surface area contributed by atoms with Gasteiger partial charge >= 0.3 is 0 Å². The minimum absolute atomic E-state index is 0.260. The van der Waals surface area contributed by atoms with E-state index in [4.69, 9.17) is 9.47 Å². The highest BCUT2D eigenvalue weighted by atomic mass is 32.1. The number of hydrogen-bond donors (Lipinski definition) is 1. The molecule has 0 aliphatic carbocycles. The molecule has 0 fully saturated rings. The molecule has 0 atom stereocenters. The number of hydrogen-bond acceptors (Lipinski definition) is 6. The van der Waals surface area contributed by atoms with Crippen LogP contribution < -0.4 is 14.8 Å². The molecule has 2 aromatic heterocycles. The third-order valence-electron chi connectivity index (χ3n) is 4.78. The van der Waals surface area contributed by atoms with E-state index in [0.717, 1.165) is 31.9 Å². The Morgan fingerprint density at radius 1 is 0.935 bits per heavy atom. The molecule has 4 rings (SSSR count). The van der Waals surface area contributed by atoms with Gasteiger partial charge in [0.1, 0.15) is 22.3 Å². The summed E-state index contributed by atoms with van der Waals surface area (Å²) in [5.74, 6) is 2.51. The van der Waals surface area contributed by atoms with E-state index in [2.05, 4.69) is 15.3 Å². The van der Waals surface area contributed by atoms with E-state index in [1.807, 2.05) is 45.9 Å². The zero-order chi connectivity index (χ0) is 22.0. The van der Waals surface area contributed by atoms with Crippen molar-refractivity contribution in [2.75, 3.05) is 18.5 Å². The molecule has 2 heterocycles. The van der Waals surface area contributed by atoms with Gasteiger partial charge in [-0.2, -0.15) is 0 Å². The van der Waals surface area contributed by atoms with Crippen molar-refractivity contribution in [2.45, 2.75) is 27.7 Å². The molecule has 0 aliphatic rings.